The van der Waals surface area contributed by atoms with Crippen molar-refractivity contribution in [3.63, 3.8) is 0 Å². The zero-order valence-corrected chi connectivity index (χ0v) is 16.6. The Hall–Kier alpha value is -2.17. The summed E-state index contributed by atoms with van der Waals surface area (Å²) in [5.41, 5.74) is 1.16. The molecule has 0 bridgehead atoms. The first-order chi connectivity index (χ1) is 13.1. The van der Waals surface area contributed by atoms with Crippen LogP contribution in [0.2, 0.25) is 0 Å². The highest BCUT2D eigenvalue weighted by molar-refractivity contribution is 7.15. The maximum atomic E-state index is 12.5. The van der Waals surface area contributed by atoms with Gasteiger partial charge in [-0.3, -0.25) is 4.79 Å². The Bertz CT molecular complexity index is 981. The van der Waals surface area contributed by atoms with Crippen LogP contribution in [0, 0.1) is 13.8 Å². The Morgan fingerprint density at radius 3 is 2.39 bits per heavy atom. The first-order valence-corrected chi connectivity index (χ1v) is 9.85. The summed E-state index contributed by atoms with van der Waals surface area (Å²) in [4.78, 5) is 21.9. The van der Waals surface area contributed by atoms with Gasteiger partial charge in [-0.05, 0) is 36.5 Å². The highest BCUT2D eigenvalue weighted by Gasteiger charge is 2.39. The molecule has 28 heavy (non-hydrogen) atoms. The number of aliphatic hydroxyl groups excluding tert-OH is 1. The molecule has 0 fully saturated rings. The number of alkyl halides is 3. The molecule has 1 aromatic carbocycles. The van der Waals surface area contributed by atoms with Crippen LogP contribution in [0.15, 0.2) is 24.3 Å². The van der Waals surface area contributed by atoms with Crippen LogP contribution in [0.1, 0.15) is 32.9 Å². The maximum absolute atomic E-state index is 12.5. The molecule has 0 saturated heterocycles. The summed E-state index contributed by atoms with van der Waals surface area (Å²) in [6, 6.07) is 5.19. The predicted molar refractivity (Wildman–Crippen MR) is 100 cm³/mol. The number of aryl methyl sites for hydroxylation is 2. The molecule has 0 radical (unpaired) electrons. The molecule has 0 spiro atoms. The van der Waals surface area contributed by atoms with E-state index < -0.39 is 12.3 Å². The van der Waals surface area contributed by atoms with E-state index in [0.29, 0.717) is 16.4 Å². The maximum Gasteiger partial charge on any atom is 0.418 e. The summed E-state index contributed by atoms with van der Waals surface area (Å²) in [5.74, 6) is 0.436. The summed E-state index contributed by atoms with van der Waals surface area (Å²) in [7, 11) is 0. The van der Waals surface area contributed by atoms with Crippen LogP contribution >= 0.6 is 22.9 Å². The number of benzene rings is 1. The van der Waals surface area contributed by atoms with E-state index >= 15 is 0 Å². The van der Waals surface area contributed by atoms with E-state index in [9.17, 15) is 23.1 Å². The van der Waals surface area contributed by atoms with Crippen LogP contribution in [0.25, 0.3) is 10.7 Å². The largest absolute Gasteiger partial charge is 0.418 e. The highest BCUT2D eigenvalue weighted by Crippen LogP contribution is 2.32. The molecule has 0 amide bonds. The van der Waals surface area contributed by atoms with Gasteiger partial charge in [0.15, 0.2) is 11.9 Å². The molecule has 0 aliphatic rings. The minimum Gasteiger partial charge on any atom is -0.379 e. The standard InChI is InChI=1S/C18H16F3N3O2S2/c1-9-15(27-10(2)22-9)17-23-14(28-24-17)8-13(25)7-11-3-5-12(6-4-11)16(26)18(19,20)21/h3-6,16,26H,7-8H2,1-2H3. The second kappa shape index (κ2) is 8.06. The van der Waals surface area contributed by atoms with Crippen LogP contribution in [-0.4, -0.2) is 31.4 Å². The topological polar surface area (TPSA) is 76.0 Å². The van der Waals surface area contributed by atoms with Gasteiger partial charge < -0.3 is 5.11 Å². The van der Waals surface area contributed by atoms with Crippen LogP contribution in [-0.2, 0) is 17.6 Å². The number of aromatic nitrogens is 3. The summed E-state index contributed by atoms with van der Waals surface area (Å²) in [6.07, 6.45) is -7.09. The fourth-order valence-electron chi connectivity index (χ4n) is 2.62. The molecule has 0 saturated carbocycles. The second-order valence-electron chi connectivity index (χ2n) is 6.24. The fourth-order valence-corrected chi connectivity index (χ4v) is 4.21. The van der Waals surface area contributed by atoms with E-state index in [1.807, 2.05) is 13.8 Å². The summed E-state index contributed by atoms with van der Waals surface area (Å²) >= 11 is 2.64. The number of nitrogens with zero attached hydrogens (tertiary/aromatic N) is 3. The van der Waals surface area contributed by atoms with Gasteiger partial charge in [-0.2, -0.15) is 17.5 Å². The second-order valence-corrected chi connectivity index (χ2v) is 8.28. The molecule has 3 aromatic rings. The van der Waals surface area contributed by atoms with Gasteiger partial charge in [0.1, 0.15) is 10.8 Å². The number of carbonyl (C=O) groups is 1. The lowest BCUT2D eigenvalue weighted by Gasteiger charge is -2.14. The van der Waals surface area contributed by atoms with Gasteiger partial charge in [0.05, 0.1) is 22.0 Å². The van der Waals surface area contributed by atoms with E-state index in [1.165, 1.54) is 35.6 Å². The van der Waals surface area contributed by atoms with Gasteiger partial charge in [0.2, 0.25) is 0 Å². The number of rotatable bonds is 6. The number of halogens is 3. The molecular weight excluding hydrogens is 411 g/mol. The molecule has 1 unspecified atom stereocenters. The zero-order chi connectivity index (χ0) is 20.5. The molecule has 148 valence electrons. The first-order valence-electron chi connectivity index (χ1n) is 8.26. The van der Waals surface area contributed by atoms with Crippen molar-refractivity contribution in [1.29, 1.82) is 0 Å². The molecule has 1 N–H and O–H groups in total. The Kier molecular flexibility index (Phi) is 5.92. The van der Waals surface area contributed by atoms with E-state index in [4.69, 9.17) is 0 Å². The SMILES string of the molecule is Cc1nc(C)c(-c2nsc(CC(=O)Cc3ccc(C(O)C(F)(F)F)cc3)n2)s1. The van der Waals surface area contributed by atoms with Crippen molar-refractivity contribution < 1.29 is 23.1 Å². The quantitative estimate of drug-likeness (QED) is 0.637. The summed E-state index contributed by atoms with van der Waals surface area (Å²) in [6.45, 7) is 3.78. The van der Waals surface area contributed by atoms with Gasteiger partial charge >= 0.3 is 6.18 Å². The fraction of sp³-hybridized carbons (Fsp3) is 0.333. The van der Waals surface area contributed by atoms with Crippen LogP contribution in [0.3, 0.4) is 0 Å². The molecule has 5 nitrogen and oxygen atoms in total. The van der Waals surface area contributed by atoms with Crippen molar-refractivity contribution in [2.24, 2.45) is 0 Å². The molecule has 2 aromatic heterocycles. The monoisotopic (exact) mass is 427 g/mol. The number of aliphatic hydroxyl groups is 1. The van der Waals surface area contributed by atoms with Crippen molar-refractivity contribution in [2.45, 2.75) is 39.0 Å². The number of thiazole rings is 1. The summed E-state index contributed by atoms with van der Waals surface area (Å²) < 4.78 is 41.8. The van der Waals surface area contributed by atoms with Crippen molar-refractivity contribution in [1.82, 2.24) is 14.3 Å². The van der Waals surface area contributed by atoms with Crippen molar-refractivity contribution in [3.05, 3.63) is 51.1 Å². The molecule has 2 heterocycles. The number of hydrogen-bond donors (Lipinski definition) is 1. The predicted octanol–water partition coefficient (Wildman–Crippen LogP) is 4.23. The molecule has 1 atom stereocenters. The van der Waals surface area contributed by atoms with Gasteiger partial charge in [-0.25, -0.2) is 9.97 Å². The number of hydrogen-bond acceptors (Lipinski definition) is 7. The van der Waals surface area contributed by atoms with Crippen LogP contribution < -0.4 is 0 Å². The third kappa shape index (κ3) is 4.81. The van der Waals surface area contributed by atoms with Crippen LogP contribution in [0.4, 0.5) is 13.2 Å². The molecular formula is C18H16F3N3O2S2. The van der Waals surface area contributed by atoms with E-state index in [-0.39, 0.29) is 24.2 Å². The minimum absolute atomic E-state index is 0.0655. The Balaban J connectivity index is 1.62. The van der Waals surface area contributed by atoms with E-state index in [2.05, 4.69) is 14.3 Å². The lowest BCUT2D eigenvalue weighted by molar-refractivity contribution is -0.206. The van der Waals surface area contributed by atoms with Gasteiger partial charge in [-0.1, -0.05) is 24.3 Å². The van der Waals surface area contributed by atoms with Crippen molar-refractivity contribution >= 4 is 28.7 Å². The Morgan fingerprint density at radius 2 is 1.82 bits per heavy atom. The highest BCUT2D eigenvalue weighted by atomic mass is 32.1. The van der Waals surface area contributed by atoms with Gasteiger partial charge in [0, 0.05) is 6.42 Å². The molecule has 10 heteroatoms. The summed E-state index contributed by atoms with van der Waals surface area (Å²) in [5, 5.41) is 10.7. The zero-order valence-electron chi connectivity index (χ0n) is 14.9. The van der Waals surface area contributed by atoms with Crippen LogP contribution in [0.5, 0.6) is 0 Å². The lowest BCUT2D eigenvalue weighted by Crippen LogP contribution is -2.20. The average molecular weight is 427 g/mol. The number of Topliss-reactive ketones (excluding diaryl/α,β-unsaturated/α-hetero) is 1. The third-order valence-electron chi connectivity index (χ3n) is 3.93. The average Bonchev–Trinajstić information content (AvgIpc) is 3.19. The lowest BCUT2D eigenvalue weighted by atomic mass is 10.0. The van der Waals surface area contributed by atoms with Crippen molar-refractivity contribution in [3.8, 4) is 10.7 Å². The Morgan fingerprint density at radius 1 is 1.14 bits per heavy atom. The smallest absolute Gasteiger partial charge is 0.379 e. The number of ketones is 1. The first kappa shape index (κ1) is 20.6. The molecule has 3 rings (SSSR count). The van der Waals surface area contributed by atoms with Gasteiger partial charge in [0.25, 0.3) is 0 Å². The van der Waals surface area contributed by atoms with Crippen molar-refractivity contribution in [2.75, 3.05) is 0 Å². The normalized spacial score (nSPS) is 12.9. The third-order valence-corrected chi connectivity index (χ3v) is 5.71. The van der Waals surface area contributed by atoms with E-state index in [0.717, 1.165) is 27.1 Å². The minimum atomic E-state index is -4.72. The van der Waals surface area contributed by atoms with E-state index in [1.54, 1.807) is 0 Å². The number of carbonyl (C=O) groups excluding carboxylic acids is 1. The Labute approximate surface area is 167 Å². The molecule has 0 aliphatic carbocycles. The molecule has 0 aliphatic heterocycles. The van der Waals surface area contributed by atoms with Gasteiger partial charge in [-0.15, -0.1) is 11.3 Å².